The third kappa shape index (κ3) is 2.14. The molecule has 0 amide bonds. The zero-order valence-electron chi connectivity index (χ0n) is 11.9. The second-order valence-electron chi connectivity index (χ2n) is 5.30. The van der Waals surface area contributed by atoms with E-state index in [2.05, 4.69) is 54.9 Å². The summed E-state index contributed by atoms with van der Waals surface area (Å²) in [6, 6.07) is 14.8. The molecule has 2 aromatic carbocycles. The van der Waals surface area contributed by atoms with Crippen molar-refractivity contribution >= 4 is 17.1 Å². The van der Waals surface area contributed by atoms with Crippen LogP contribution in [0.3, 0.4) is 0 Å². The van der Waals surface area contributed by atoms with Gasteiger partial charge in [0, 0.05) is 35.4 Å². The average molecular weight is 262 g/mol. The van der Waals surface area contributed by atoms with Gasteiger partial charge >= 0.3 is 0 Å². The fourth-order valence-electron chi connectivity index (χ4n) is 2.72. The maximum atomic E-state index is 7.48. The Hall–Kier alpha value is -2.35. The Bertz CT molecular complexity index is 781. The van der Waals surface area contributed by atoms with E-state index in [9.17, 15) is 0 Å². The van der Waals surface area contributed by atoms with E-state index in [0.29, 0.717) is 0 Å². The first-order valence-electron chi connectivity index (χ1n) is 6.83. The number of hydrogen-bond acceptors (Lipinski definition) is 1. The predicted molar refractivity (Wildman–Crippen MR) is 84.8 cm³/mol. The van der Waals surface area contributed by atoms with Crippen molar-refractivity contribution in [2.24, 2.45) is 0 Å². The topological polar surface area (TPSA) is 28.8 Å². The van der Waals surface area contributed by atoms with Gasteiger partial charge in [-0.25, -0.2) is 0 Å². The summed E-state index contributed by atoms with van der Waals surface area (Å²) in [5.74, 6) is 0. The van der Waals surface area contributed by atoms with Crippen LogP contribution in [0.1, 0.15) is 22.3 Å². The Morgan fingerprint density at radius 2 is 1.95 bits per heavy atom. The summed E-state index contributed by atoms with van der Waals surface area (Å²) in [5.41, 5.74) is 6.13. The van der Waals surface area contributed by atoms with Crippen LogP contribution in [0.5, 0.6) is 0 Å². The molecule has 3 aromatic rings. The zero-order valence-corrected chi connectivity index (χ0v) is 11.9. The molecule has 1 aromatic heterocycles. The van der Waals surface area contributed by atoms with Crippen molar-refractivity contribution in [1.29, 1.82) is 5.41 Å². The fraction of sp³-hybridized carbons (Fsp3) is 0.167. The molecule has 3 rings (SSSR count). The minimum atomic E-state index is 0.872. The van der Waals surface area contributed by atoms with Gasteiger partial charge in [0.1, 0.15) is 0 Å². The first kappa shape index (κ1) is 12.7. The molecule has 20 heavy (non-hydrogen) atoms. The first-order valence-corrected chi connectivity index (χ1v) is 6.83. The van der Waals surface area contributed by atoms with Crippen molar-refractivity contribution in [1.82, 2.24) is 4.57 Å². The number of aryl methyl sites for hydroxylation is 2. The van der Waals surface area contributed by atoms with Crippen molar-refractivity contribution in [3.63, 3.8) is 0 Å². The van der Waals surface area contributed by atoms with Crippen molar-refractivity contribution in [2.45, 2.75) is 20.4 Å². The summed E-state index contributed by atoms with van der Waals surface area (Å²) >= 11 is 0. The summed E-state index contributed by atoms with van der Waals surface area (Å²) in [7, 11) is 0. The average Bonchev–Trinajstić information content (AvgIpc) is 2.85. The molecule has 1 heterocycles. The SMILES string of the molecule is Cc1ccc(Cn2ccc3c(C=N)cccc32)c(C)c1. The monoisotopic (exact) mass is 262 g/mol. The number of benzene rings is 2. The summed E-state index contributed by atoms with van der Waals surface area (Å²) in [4.78, 5) is 0. The molecule has 0 saturated heterocycles. The van der Waals surface area contributed by atoms with Gasteiger partial charge in [0.05, 0.1) is 0 Å². The summed E-state index contributed by atoms with van der Waals surface area (Å²) in [6.07, 6.45) is 3.53. The minimum absolute atomic E-state index is 0.872. The molecule has 0 bridgehead atoms. The minimum Gasteiger partial charge on any atom is -0.343 e. The van der Waals surface area contributed by atoms with Crippen LogP contribution in [-0.4, -0.2) is 10.8 Å². The van der Waals surface area contributed by atoms with Crippen LogP contribution in [0.4, 0.5) is 0 Å². The number of aromatic nitrogens is 1. The third-order valence-electron chi connectivity index (χ3n) is 3.84. The van der Waals surface area contributed by atoms with Gasteiger partial charge < -0.3 is 9.98 Å². The Balaban J connectivity index is 2.05. The lowest BCUT2D eigenvalue weighted by atomic mass is 10.1. The molecule has 0 aliphatic rings. The number of nitrogens with zero attached hydrogens (tertiary/aromatic N) is 1. The number of nitrogens with one attached hydrogen (secondary N) is 1. The Labute approximate surface area is 119 Å². The quantitative estimate of drug-likeness (QED) is 0.682. The van der Waals surface area contributed by atoms with E-state index in [1.807, 2.05) is 12.1 Å². The van der Waals surface area contributed by atoms with Crippen molar-refractivity contribution in [2.75, 3.05) is 0 Å². The van der Waals surface area contributed by atoms with E-state index in [1.54, 1.807) is 0 Å². The lowest BCUT2D eigenvalue weighted by Gasteiger charge is -2.10. The first-order chi connectivity index (χ1) is 9.69. The van der Waals surface area contributed by atoms with Crippen LogP contribution in [0, 0.1) is 19.3 Å². The van der Waals surface area contributed by atoms with Gasteiger partial charge in [-0.1, -0.05) is 35.9 Å². The molecule has 0 fully saturated rings. The highest BCUT2D eigenvalue weighted by Gasteiger charge is 2.06. The van der Waals surface area contributed by atoms with Crippen LogP contribution in [-0.2, 0) is 6.54 Å². The van der Waals surface area contributed by atoms with Gasteiger partial charge in [-0.3, -0.25) is 0 Å². The Morgan fingerprint density at radius 1 is 1.10 bits per heavy atom. The van der Waals surface area contributed by atoms with Gasteiger partial charge in [-0.15, -0.1) is 0 Å². The molecule has 0 aliphatic heterocycles. The van der Waals surface area contributed by atoms with E-state index in [0.717, 1.165) is 17.5 Å². The van der Waals surface area contributed by atoms with Crippen LogP contribution < -0.4 is 0 Å². The Morgan fingerprint density at radius 3 is 2.70 bits per heavy atom. The number of hydrogen-bond donors (Lipinski definition) is 1. The fourth-order valence-corrected chi connectivity index (χ4v) is 2.72. The van der Waals surface area contributed by atoms with Gasteiger partial charge in [-0.2, -0.15) is 0 Å². The molecule has 0 unspecified atom stereocenters. The highest BCUT2D eigenvalue weighted by atomic mass is 14.9. The summed E-state index contributed by atoms with van der Waals surface area (Å²) in [6.45, 7) is 5.16. The summed E-state index contributed by atoms with van der Waals surface area (Å²) in [5, 5.41) is 8.63. The molecular formula is C18H18N2. The maximum absolute atomic E-state index is 7.48. The predicted octanol–water partition coefficient (Wildman–Crippen LogP) is 4.30. The van der Waals surface area contributed by atoms with E-state index in [1.165, 1.54) is 28.4 Å². The van der Waals surface area contributed by atoms with E-state index in [-0.39, 0.29) is 0 Å². The number of fused-ring (bicyclic) bond motifs is 1. The highest BCUT2D eigenvalue weighted by molar-refractivity contribution is 5.97. The number of rotatable bonds is 3. The molecule has 2 heteroatoms. The Kier molecular flexibility index (Phi) is 3.15. The standard InChI is InChI=1S/C18H18N2/c1-13-6-7-16(14(2)10-13)12-20-9-8-17-15(11-19)4-3-5-18(17)20/h3-11,19H,12H2,1-2H3. The highest BCUT2D eigenvalue weighted by Crippen LogP contribution is 2.21. The summed E-state index contributed by atoms with van der Waals surface area (Å²) < 4.78 is 2.25. The van der Waals surface area contributed by atoms with E-state index >= 15 is 0 Å². The lowest BCUT2D eigenvalue weighted by Crippen LogP contribution is -2.00. The molecule has 1 N–H and O–H groups in total. The van der Waals surface area contributed by atoms with Crippen molar-refractivity contribution < 1.29 is 0 Å². The molecule has 0 aliphatic carbocycles. The van der Waals surface area contributed by atoms with Crippen LogP contribution in [0.2, 0.25) is 0 Å². The lowest BCUT2D eigenvalue weighted by molar-refractivity contribution is 0.830. The second-order valence-corrected chi connectivity index (χ2v) is 5.30. The normalized spacial score (nSPS) is 10.9. The largest absolute Gasteiger partial charge is 0.343 e. The van der Waals surface area contributed by atoms with Gasteiger partial charge in [-0.05, 0) is 37.1 Å². The molecule has 2 nitrogen and oxygen atoms in total. The molecular weight excluding hydrogens is 244 g/mol. The zero-order chi connectivity index (χ0) is 14.1. The molecule has 100 valence electrons. The van der Waals surface area contributed by atoms with Gasteiger partial charge in [0.25, 0.3) is 0 Å². The van der Waals surface area contributed by atoms with Gasteiger partial charge in [0.15, 0.2) is 0 Å². The molecule has 0 saturated carbocycles. The smallest absolute Gasteiger partial charge is 0.0490 e. The van der Waals surface area contributed by atoms with E-state index < -0.39 is 0 Å². The van der Waals surface area contributed by atoms with Gasteiger partial charge in [0.2, 0.25) is 0 Å². The third-order valence-corrected chi connectivity index (χ3v) is 3.84. The second kappa shape index (κ2) is 4.97. The van der Waals surface area contributed by atoms with Crippen LogP contribution in [0.15, 0.2) is 48.7 Å². The van der Waals surface area contributed by atoms with Crippen LogP contribution >= 0.6 is 0 Å². The van der Waals surface area contributed by atoms with Crippen molar-refractivity contribution in [3.05, 3.63) is 70.9 Å². The van der Waals surface area contributed by atoms with Crippen molar-refractivity contribution in [3.8, 4) is 0 Å². The maximum Gasteiger partial charge on any atom is 0.0490 e. The van der Waals surface area contributed by atoms with E-state index in [4.69, 9.17) is 5.41 Å². The van der Waals surface area contributed by atoms with Crippen LogP contribution in [0.25, 0.3) is 10.9 Å². The molecule has 0 radical (unpaired) electrons. The molecule has 0 atom stereocenters. The molecule has 0 spiro atoms.